The molecule has 0 aromatic heterocycles. The fourth-order valence-electron chi connectivity index (χ4n) is 1.84. The number of likely N-dealkylation sites (tertiary alicyclic amines) is 1. The molecule has 0 aromatic rings. The number of carbonyl (C=O) groups is 2. The Hall–Kier alpha value is -1.26. The van der Waals surface area contributed by atoms with Crippen molar-refractivity contribution in [3.8, 4) is 0 Å². The van der Waals surface area contributed by atoms with Gasteiger partial charge in [-0.1, -0.05) is 6.92 Å². The molecule has 5 heteroatoms. The van der Waals surface area contributed by atoms with Crippen molar-refractivity contribution in [3.05, 3.63) is 0 Å². The quantitative estimate of drug-likeness (QED) is 0.773. The SMILES string of the molecule is CC1CCN(C(=O)CNC(=O)NC(C)C)CC1. The fraction of sp³-hybridized carbons (Fsp3) is 0.833. The van der Waals surface area contributed by atoms with Crippen LogP contribution in [0, 0.1) is 5.92 Å². The molecule has 98 valence electrons. The van der Waals surface area contributed by atoms with Crippen LogP contribution in [0.2, 0.25) is 0 Å². The third kappa shape index (κ3) is 5.06. The summed E-state index contributed by atoms with van der Waals surface area (Å²) in [6, 6.07) is -0.195. The topological polar surface area (TPSA) is 61.4 Å². The Morgan fingerprint density at radius 2 is 1.88 bits per heavy atom. The Kier molecular flexibility index (Phi) is 5.25. The van der Waals surface area contributed by atoms with Crippen molar-refractivity contribution >= 4 is 11.9 Å². The van der Waals surface area contributed by atoms with Crippen molar-refractivity contribution in [3.63, 3.8) is 0 Å². The summed E-state index contributed by atoms with van der Waals surface area (Å²) >= 11 is 0. The van der Waals surface area contributed by atoms with Gasteiger partial charge in [0.1, 0.15) is 0 Å². The van der Waals surface area contributed by atoms with E-state index in [0.29, 0.717) is 5.92 Å². The first-order valence-electron chi connectivity index (χ1n) is 6.31. The molecule has 1 rings (SSSR count). The van der Waals surface area contributed by atoms with E-state index >= 15 is 0 Å². The molecule has 0 spiro atoms. The van der Waals surface area contributed by atoms with Crippen molar-refractivity contribution in [2.75, 3.05) is 19.6 Å². The molecule has 0 unspecified atom stereocenters. The van der Waals surface area contributed by atoms with Gasteiger partial charge in [0.25, 0.3) is 0 Å². The number of hydrogen-bond donors (Lipinski definition) is 2. The molecule has 1 fully saturated rings. The minimum Gasteiger partial charge on any atom is -0.341 e. The van der Waals surface area contributed by atoms with E-state index in [1.54, 1.807) is 0 Å². The molecule has 1 aliphatic heterocycles. The third-order valence-corrected chi connectivity index (χ3v) is 2.96. The first-order valence-corrected chi connectivity index (χ1v) is 6.31. The molecule has 0 atom stereocenters. The van der Waals surface area contributed by atoms with Gasteiger partial charge in [-0.25, -0.2) is 4.79 Å². The first-order chi connectivity index (χ1) is 7.99. The maximum Gasteiger partial charge on any atom is 0.315 e. The van der Waals surface area contributed by atoms with Gasteiger partial charge in [-0.05, 0) is 32.6 Å². The Morgan fingerprint density at radius 3 is 2.41 bits per heavy atom. The highest BCUT2D eigenvalue weighted by Gasteiger charge is 2.20. The molecule has 1 aliphatic rings. The zero-order valence-corrected chi connectivity index (χ0v) is 11.0. The van der Waals surface area contributed by atoms with Gasteiger partial charge in [-0.2, -0.15) is 0 Å². The van der Waals surface area contributed by atoms with Crippen molar-refractivity contribution in [2.24, 2.45) is 5.92 Å². The highest BCUT2D eigenvalue weighted by atomic mass is 16.2. The van der Waals surface area contributed by atoms with Gasteiger partial charge in [0, 0.05) is 19.1 Å². The lowest BCUT2D eigenvalue weighted by Gasteiger charge is -2.30. The van der Waals surface area contributed by atoms with Crippen LogP contribution in [0.25, 0.3) is 0 Å². The van der Waals surface area contributed by atoms with Gasteiger partial charge in [0.15, 0.2) is 0 Å². The predicted octanol–water partition coefficient (Wildman–Crippen LogP) is 0.952. The molecule has 1 saturated heterocycles. The lowest BCUT2D eigenvalue weighted by Crippen LogP contribution is -2.47. The number of piperidine rings is 1. The summed E-state index contributed by atoms with van der Waals surface area (Å²) < 4.78 is 0. The van der Waals surface area contributed by atoms with Crippen molar-refractivity contribution in [1.82, 2.24) is 15.5 Å². The van der Waals surface area contributed by atoms with Crippen LogP contribution in [0.15, 0.2) is 0 Å². The molecule has 3 amide bonds. The van der Waals surface area contributed by atoms with Crippen LogP contribution >= 0.6 is 0 Å². The standard InChI is InChI=1S/C12H23N3O2/c1-9(2)14-12(17)13-8-11(16)15-6-4-10(3)5-7-15/h9-10H,4-8H2,1-3H3,(H2,13,14,17). The summed E-state index contributed by atoms with van der Waals surface area (Å²) in [5, 5.41) is 5.27. The van der Waals surface area contributed by atoms with Crippen LogP contribution in [0.5, 0.6) is 0 Å². The van der Waals surface area contributed by atoms with Gasteiger partial charge >= 0.3 is 6.03 Å². The van der Waals surface area contributed by atoms with E-state index in [1.165, 1.54) is 0 Å². The average molecular weight is 241 g/mol. The minimum absolute atomic E-state index is 0.0100. The number of nitrogens with one attached hydrogen (secondary N) is 2. The number of rotatable bonds is 3. The second-order valence-corrected chi connectivity index (χ2v) is 5.05. The normalized spacial score (nSPS) is 17.1. The molecule has 0 radical (unpaired) electrons. The molecule has 0 saturated carbocycles. The van der Waals surface area contributed by atoms with E-state index in [0.717, 1.165) is 25.9 Å². The third-order valence-electron chi connectivity index (χ3n) is 2.96. The Bertz CT molecular complexity index is 271. The largest absolute Gasteiger partial charge is 0.341 e. The maximum absolute atomic E-state index is 11.8. The monoisotopic (exact) mass is 241 g/mol. The van der Waals surface area contributed by atoms with Crippen molar-refractivity contribution in [2.45, 2.75) is 39.7 Å². The summed E-state index contributed by atoms with van der Waals surface area (Å²) in [6.45, 7) is 7.69. The predicted molar refractivity (Wildman–Crippen MR) is 66.6 cm³/mol. The van der Waals surface area contributed by atoms with Gasteiger partial charge in [0.05, 0.1) is 6.54 Å². The van der Waals surface area contributed by atoms with Crippen LogP contribution in [-0.2, 0) is 4.79 Å². The minimum atomic E-state index is -0.279. The molecule has 2 N–H and O–H groups in total. The molecular weight excluding hydrogens is 218 g/mol. The van der Waals surface area contributed by atoms with Crippen LogP contribution in [0.3, 0.4) is 0 Å². The molecule has 0 aromatic carbocycles. The highest BCUT2D eigenvalue weighted by molar-refractivity contribution is 5.84. The maximum atomic E-state index is 11.8. The van der Waals surface area contributed by atoms with E-state index in [-0.39, 0.29) is 24.5 Å². The second kappa shape index (κ2) is 6.47. The number of amides is 3. The Labute approximate surface area is 103 Å². The van der Waals surface area contributed by atoms with Gasteiger partial charge < -0.3 is 15.5 Å². The number of hydrogen-bond acceptors (Lipinski definition) is 2. The fourth-order valence-corrected chi connectivity index (χ4v) is 1.84. The Balaban J connectivity index is 2.23. The van der Waals surface area contributed by atoms with Gasteiger partial charge in [0.2, 0.25) is 5.91 Å². The number of nitrogens with zero attached hydrogens (tertiary/aromatic N) is 1. The van der Waals surface area contributed by atoms with Crippen LogP contribution in [0.4, 0.5) is 4.79 Å². The summed E-state index contributed by atoms with van der Waals surface area (Å²) in [6.07, 6.45) is 2.12. The van der Waals surface area contributed by atoms with Crippen LogP contribution < -0.4 is 10.6 Å². The molecule has 5 nitrogen and oxygen atoms in total. The smallest absolute Gasteiger partial charge is 0.315 e. The van der Waals surface area contributed by atoms with Gasteiger partial charge in [-0.3, -0.25) is 4.79 Å². The van der Waals surface area contributed by atoms with Crippen molar-refractivity contribution < 1.29 is 9.59 Å². The lowest BCUT2D eigenvalue weighted by molar-refractivity contribution is -0.131. The zero-order chi connectivity index (χ0) is 12.8. The average Bonchev–Trinajstić information content (AvgIpc) is 2.26. The van der Waals surface area contributed by atoms with E-state index in [2.05, 4.69) is 17.6 Å². The van der Waals surface area contributed by atoms with E-state index in [1.807, 2.05) is 18.7 Å². The lowest BCUT2D eigenvalue weighted by atomic mass is 9.99. The second-order valence-electron chi connectivity index (χ2n) is 5.05. The van der Waals surface area contributed by atoms with Crippen LogP contribution in [-0.4, -0.2) is 42.5 Å². The highest BCUT2D eigenvalue weighted by Crippen LogP contribution is 2.15. The van der Waals surface area contributed by atoms with E-state index in [9.17, 15) is 9.59 Å². The Morgan fingerprint density at radius 1 is 1.29 bits per heavy atom. The zero-order valence-electron chi connectivity index (χ0n) is 11.0. The number of carbonyl (C=O) groups excluding carboxylic acids is 2. The molecular formula is C12H23N3O2. The van der Waals surface area contributed by atoms with Crippen molar-refractivity contribution in [1.29, 1.82) is 0 Å². The molecule has 0 bridgehead atoms. The summed E-state index contributed by atoms with van der Waals surface area (Å²) in [7, 11) is 0. The van der Waals surface area contributed by atoms with E-state index in [4.69, 9.17) is 0 Å². The molecule has 17 heavy (non-hydrogen) atoms. The molecule has 1 heterocycles. The first kappa shape index (κ1) is 13.8. The number of urea groups is 1. The van der Waals surface area contributed by atoms with E-state index < -0.39 is 0 Å². The summed E-state index contributed by atoms with van der Waals surface area (Å²) in [5.41, 5.74) is 0. The van der Waals surface area contributed by atoms with Crippen LogP contribution in [0.1, 0.15) is 33.6 Å². The summed E-state index contributed by atoms with van der Waals surface area (Å²) in [5.74, 6) is 0.715. The summed E-state index contributed by atoms with van der Waals surface area (Å²) in [4.78, 5) is 24.9. The molecule has 0 aliphatic carbocycles. The van der Waals surface area contributed by atoms with Gasteiger partial charge in [-0.15, -0.1) is 0 Å².